The third kappa shape index (κ3) is 11.4. The molecule has 7 aromatic carbocycles. The smallest absolute Gasteiger partial charge is 0.193 e. The third-order valence-electron chi connectivity index (χ3n) is 12.5. The van der Waals surface area contributed by atoms with Crippen LogP contribution < -0.4 is 14.4 Å². The van der Waals surface area contributed by atoms with Gasteiger partial charge in [0.05, 0.1) is 11.4 Å². The molecule has 0 radical (unpaired) electrons. The van der Waals surface area contributed by atoms with Gasteiger partial charge < -0.3 is 14.4 Å². The Bertz CT molecular complexity index is 3050. The number of fused-ring (bicyclic) bond motifs is 2. The summed E-state index contributed by atoms with van der Waals surface area (Å²) in [5, 5.41) is 0. The van der Waals surface area contributed by atoms with Crippen molar-refractivity contribution in [2.24, 2.45) is 0 Å². The fourth-order valence-electron chi connectivity index (χ4n) is 8.62. The molecule has 354 valence electrons. The summed E-state index contributed by atoms with van der Waals surface area (Å²) < 4.78 is 12.2. The van der Waals surface area contributed by atoms with E-state index in [4.69, 9.17) is 9.47 Å². The summed E-state index contributed by atoms with van der Waals surface area (Å²) >= 11 is 0. The number of para-hydroxylation sites is 5. The molecule has 0 amide bonds. The van der Waals surface area contributed by atoms with Crippen LogP contribution in [0.4, 0.5) is 17.1 Å². The zero-order valence-electron chi connectivity index (χ0n) is 42.2. The van der Waals surface area contributed by atoms with Gasteiger partial charge in [0, 0.05) is 34.4 Å². The van der Waals surface area contributed by atoms with Crippen LogP contribution in [0.5, 0.6) is 17.2 Å². The zero-order valence-corrected chi connectivity index (χ0v) is 42.2. The van der Waals surface area contributed by atoms with Gasteiger partial charge in [-0.3, -0.25) is 9.59 Å². The van der Waals surface area contributed by atoms with E-state index in [1.54, 1.807) is 0 Å². The second-order valence-corrected chi connectivity index (χ2v) is 17.4. The highest BCUT2D eigenvalue weighted by atomic mass is 16.5. The Morgan fingerprint density at radius 3 is 1.63 bits per heavy atom. The number of anilines is 3. The fourth-order valence-corrected chi connectivity index (χ4v) is 8.62. The number of benzene rings is 7. The number of nitrogens with zero attached hydrogens (tertiary/aromatic N) is 1. The Morgan fingerprint density at radius 1 is 0.543 bits per heavy atom. The first-order valence-corrected chi connectivity index (χ1v) is 24.7. The van der Waals surface area contributed by atoms with Gasteiger partial charge in [-0.05, 0) is 142 Å². The molecule has 0 saturated carbocycles. The van der Waals surface area contributed by atoms with Gasteiger partial charge in [-0.15, -0.1) is 0 Å². The molecule has 1 heterocycles. The summed E-state index contributed by atoms with van der Waals surface area (Å²) in [6.07, 6.45) is 11.9. The van der Waals surface area contributed by atoms with Crippen molar-refractivity contribution in [3.63, 3.8) is 0 Å². The second kappa shape index (κ2) is 23.5. The standard InChI is InChI=1S/C47H37NO3.C14H16O.2C2H6/c1-30-12-18-33(19-13-30)38-28-41(47(50)36-22-16-32(3)17-23-36)39(29-40(38)46(49)35-20-14-31(2)15-21-35)34-24-26-37(27-25-34)48-42-8-4-6-10-44(42)51-45-11-7-5-9-43(45)48;1-11-7-3-5-9-13(11)15-14-10-6-4-8-12(14)2;2*1-2/h4-16,18-22,24-29H,17,23H2,1-3H3;3-5,7-9H,6,10H2,1-2H3;2*1-2H3. The quantitative estimate of drug-likeness (QED) is 0.135. The maximum Gasteiger partial charge on any atom is 0.193 e. The van der Waals surface area contributed by atoms with Gasteiger partial charge in [-0.1, -0.05) is 172 Å². The molecule has 70 heavy (non-hydrogen) atoms. The molecule has 3 aliphatic rings. The highest BCUT2D eigenvalue weighted by Crippen LogP contribution is 2.50. The summed E-state index contributed by atoms with van der Waals surface area (Å²) in [5.41, 5.74) is 14.5. The summed E-state index contributed by atoms with van der Waals surface area (Å²) in [5.74, 6) is 3.54. The van der Waals surface area contributed by atoms with E-state index in [2.05, 4.69) is 68.2 Å². The van der Waals surface area contributed by atoms with E-state index < -0.39 is 0 Å². The van der Waals surface area contributed by atoms with Gasteiger partial charge >= 0.3 is 0 Å². The number of ketones is 2. The minimum absolute atomic E-state index is 0.0171. The van der Waals surface area contributed by atoms with Crippen molar-refractivity contribution >= 4 is 28.6 Å². The van der Waals surface area contributed by atoms with Gasteiger partial charge in [-0.2, -0.15) is 0 Å². The van der Waals surface area contributed by atoms with Crippen LogP contribution in [0.1, 0.15) is 110 Å². The van der Waals surface area contributed by atoms with Crippen molar-refractivity contribution in [1.82, 2.24) is 0 Å². The molecular weight excluding hydrogens is 859 g/mol. The Morgan fingerprint density at radius 2 is 1.07 bits per heavy atom. The molecule has 0 aromatic heterocycles. The van der Waals surface area contributed by atoms with Crippen molar-refractivity contribution in [2.45, 2.75) is 88.0 Å². The first kappa shape index (κ1) is 50.1. The number of hydrogen-bond donors (Lipinski definition) is 0. The molecule has 5 heteroatoms. The third-order valence-corrected chi connectivity index (χ3v) is 12.5. The predicted molar refractivity (Wildman–Crippen MR) is 292 cm³/mol. The molecule has 2 aliphatic carbocycles. The van der Waals surface area contributed by atoms with Crippen LogP contribution in [-0.2, 0) is 0 Å². The first-order chi connectivity index (χ1) is 34.1. The van der Waals surface area contributed by atoms with Crippen molar-refractivity contribution in [2.75, 3.05) is 4.90 Å². The molecule has 10 rings (SSSR count). The van der Waals surface area contributed by atoms with Gasteiger partial charge in [0.25, 0.3) is 0 Å². The van der Waals surface area contributed by atoms with Gasteiger partial charge in [0.15, 0.2) is 23.1 Å². The number of rotatable bonds is 9. The average Bonchev–Trinajstić information content (AvgIpc) is 3.40. The van der Waals surface area contributed by atoms with E-state index in [0.717, 1.165) is 98.3 Å². The topological polar surface area (TPSA) is 55.8 Å². The monoisotopic (exact) mass is 923 g/mol. The molecular formula is C65H65NO4. The van der Waals surface area contributed by atoms with Gasteiger partial charge in [0.2, 0.25) is 0 Å². The van der Waals surface area contributed by atoms with E-state index in [9.17, 15) is 9.59 Å². The van der Waals surface area contributed by atoms with Crippen LogP contribution in [0.15, 0.2) is 205 Å². The highest BCUT2D eigenvalue weighted by molar-refractivity contribution is 6.18. The van der Waals surface area contributed by atoms with Crippen LogP contribution in [0.2, 0.25) is 0 Å². The second-order valence-electron chi connectivity index (χ2n) is 17.4. The molecule has 1 aliphatic heterocycles. The molecule has 7 aromatic rings. The molecule has 5 nitrogen and oxygen atoms in total. The number of hydrogen-bond acceptors (Lipinski definition) is 5. The molecule has 0 spiro atoms. The highest BCUT2D eigenvalue weighted by Gasteiger charge is 2.27. The lowest BCUT2D eigenvalue weighted by Crippen LogP contribution is -2.15. The Balaban J connectivity index is 0.000000320. The predicted octanol–water partition coefficient (Wildman–Crippen LogP) is 18.3. The van der Waals surface area contributed by atoms with E-state index in [0.29, 0.717) is 23.1 Å². The SMILES string of the molecule is CC.CC.CC1=C(Oc2ccccc2C)CCC=C1.CC1=CC=C(C(=O)c2cc(-c3ccc(C)cc3)c(C(=O)c3ccc(C)cc3)cc2-c2ccc(N3c4ccccc4Oc4ccccc43)cc2)CC1. The number of allylic oxidation sites excluding steroid dienone is 8. The maximum atomic E-state index is 14.5. The van der Waals surface area contributed by atoms with E-state index >= 15 is 0 Å². The summed E-state index contributed by atoms with van der Waals surface area (Å²) in [4.78, 5) is 31.1. The largest absolute Gasteiger partial charge is 0.461 e. The molecule has 0 unspecified atom stereocenters. The Labute approximate surface area is 416 Å². The van der Waals surface area contributed by atoms with Crippen LogP contribution in [0, 0.1) is 20.8 Å². The van der Waals surface area contributed by atoms with E-state index in [1.165, 1.54) is 16.7 Å². The molecule has 0 N–H and O–H groups in total. The minimum Gasteiger partial charge on any atom is -0.461 e. The number of carbonyl (C=O) groups is 2. The van der Waals surface area contributed by atoms with E-state index in [-0.39, 0.29) is 11.6 Å². The minimum atomic E-state index is -0.0839. The molecule has 0 saturated heterocycles. The summed E-state index contributed by atoms with van der Waals surface area (Å²) in [6, 6.07) is 52.1. The van der Waals surface area contributed by atoms with Gasteiger partial charge in [0.1, 0.15) is 11.5 Å². The van der Waals surface area contributed by atoms with Crippen LogP contribution in [0.3, 0.4) is 0 Å². The number of carbonyl (C=O) groups excluding carboxylic acids is 2. The number of ether oxygens (including phenoxy) is 2. The lowest BCUT2D eigenvalue weighted by atomic mass is 9.83. The fraction of sp³-hybridized carbons (Fsp3) is 0.200. The van der Waals surface area contributed by atoms with Crippen LogP contribution in [0.25, 0.3) is 22.3 Å². The zero-order chi connectivity index (χ0) is 49.7. The van der Waals surface area contributed by atoms with E-state index in [1.807, 2.05) is 181 Å². The maximum absolute atomic E-state index is 14.5. The van der Waals surface area contributed by atoms with Crippen molar-refractivity contribution in [3.05, 3.63) is 238 Å². The summed E-state index contributed by atoms with van der Waals surface area (Å²) in [7, 11) is 0. The van der Waals surface area contributed by atoms with Gasteiger partial charge in [-0.25, -0.2) is 0 Å². The normalized spacial score (nSPS) is 13.2. The molecule has 0 bridgehead atoms. The van der Waals surface area contributed by atoms with Crippen molar-refractivity contribution in [1.29, 1.82) is 0 Å². The van der Waals surface area contributed by atoms with Crippen molar-refractivity contribution in [3.8, 4) is 39.5 Å². The molecule has 0 atom stereocenters. The lowest BCUT2D eigenvalue weighted by molar-refractivity contribution is 0.102. The molecule has 0 fully saturated rings. The average molecular weight is 924 g/mol. The lowest BCUT2D eigenvalue weighted by Gasteiger charge is -2.32. The van der Waals surface area contributed by atoms with Crippen molar-refractivity contribution < 1.29 is 19.1 Å². The van der Waals surface area contributed by atoms with Crippen LogP contribution >= 0.6 is 0 Å². The Kier molecular flexibility index (Phi) is 16.8. The van der Waals surface area contributed by atoms with Crippen LogP contribution in [-0.4, -0.2) is 11.6 Å². The Hall–Kier alpha value is -7.76. The summed E-state index contributed by atoms with van der Waals surface area (Å²) in [6.45, 7) is 18.3. The first-order valence-electron chi connectivity index (χ1n) is 24.7. The number of aryl methyl sites for hydroxylation is 3. The number of Topliss-reactive ketones (excluding diaryl/α,β-unsaturated/α-hetero) is 1.